The minimum absolute atomic E-state index is 0.131. The van der Waals surface area contributed by atoms with E-state index in [4.69, 9.17) is 23.2 Å². The fourth-order valence-corrected chi connectivity index (χ4v) is 4.81. The molecule has 0 radical (unpaired) electrons. The molecule has 0 aliphatic carbocycles. The molecule has 1 N–H and O–H groups in total. The van der Waals surface area contributed by atoms with Gasteiger partial charge in [-0.15, -0.1) is 0 Å². The summed E-state index contributed by atoms with van der Waals surface area (Å²) in [5.74, 6) is -0.399. The fourth-order valence-electron chi connectivity index (χ4n) is 2.81. The Kier molecular flexibility index (Phi) is 6.47. The minimum atomic E-state index is -3.73. The predicted molar refractivity (Wildman–Crippen MR) is 118 cm³/mol. The molecule has 0 atom stereocenters. The molecular weight excluding hydrogens is 431 g/mol. The van der Waals surface area contributed by atoms with E-state index in [0.29, 0.717) is 33.5 Å². The molecule has 150 valence electrons. The van der Waals surface area contributed by atoms with Gasteiger partial charge in [-0.25, -0.2) is 8.42 Å². The molecule has 0 aliphatic rings. The maximum atomic E-state index is 13.0. The summed E-state index contributed by atoms with van der Waals surface area (Å²) in [7, 11) is -3.73. The number of anilines is 2. The lowest BCUT2D eigenvalue weighted by molar-refractivity contribution is 0.102. The summed E-state index contributed by atoms with van der Waals surface area (Å²) in [5, 5.41) is 3.40. The molecule has 3 rings (SSSR count). The van der Waals surface area contributed by atoms with Crippen LogP contribution in [0.5, 0.6) is 0 Å². The van der Waals surface area contributed by atoms with Gasteiger partial charge in [-0.05, 0) is 61.5 Å². The number of nitrogens with zero attached hydrogens (tertiary/aromatic N) is 1. The first-order valence-corrected chi connectivity index (χ1v) is 11.0. The summed E-state index contributed by atoms with van der Waals surface area (Å²) < 4.78 is 27.3. The molecule has 8 heteroatoms. The lowest BCUT2D eigenvalue weighted by atomic mass is 10.2. The predicted octanol–water partition coefficient (Wildman–Crippen LogP) is 5.46. The van der Waals surface area contributed by atoms with Crippen molar-refractivity contribution in [2.75, 3.05) is 16.2 Å². The van der Waals surface area contributed by atoms with Crippen LogP contribution >= 0.6 is 23.2 Å². The quantitative estimate of drug-likeness (QED) is 0.544. The zero-order valence-electron chi connectivity index (χ0n) is 15.5. The summed E-state index contributed by atoms with van der Waals surface area (Å²) in [4.78, 5) is 12.5. The van der Waals surface area contributed by atoms with Crippen molar-refractivity contribution < 1.29 is 13.2 Å². The fraction of sp³-hybridized carbons (Fsp3) is 0.0952. The number of amides is 1. The van der Waals surface area contributed by atoms with Crippen molar-refractivity contribution >= 4 is 50.5 Å². The summed E-state index contributed by atoms with van der Waals surface area (Å²) in [6, 6.07) is 19.4. The maximum Gasteiger partial charge on any atom is 0.264 e. The Bertz CT molecular complexity index is 1100. The zero-order chi connectivity index (χ0) is 21.0. The van der Waals surface area contributed by atoms with E-state index in [-0.39, 0.29) is 4.90 Å². The number of carbonyl (C=O) groups is 1. The second-order valence-corrected chi connectivity index (χ2v) is 8.88. The number of para-hydroxylation sites is 1. The van der Waals surface area contributed by atoms with Crippen LogP contribution in [0.1, 0.15) is 17.3 Å². The van der Waals surface area contributed by atoms with Crippen molar-refractivity contribution in [3.63, 3.8) is 0 Å². The molecule has 0 saturated heterocycles. The highest BCUT2D eigenvalue weighted by Crippen LogP contribution is 2.25. The normalized spacial score (nSPS) is 11.1. The van der Waals surface area contributed by atoms with Gasteiger partial charge in [-0.3, -0.25) is 9.10 Å². The van der Waals surface area contributed by atoms with E-state index in [9.17, 15) is 13.2 Å². The Morgan fingerprint density at radius 1 is 0.931 bits per heavy atom. The first-order valence-electron chi connectivity index (χ1n) is 8.76. The lowest BCUT2D eigenvalue weighted by Gasteiger charge is -2.23. The summed E-state index contributed by atoms with van der Waals surface area (Å²) >= 11 is 11.9. The van der Waals surface area contributed by atoms with Crippen LogP contribution in [0.4, 0.5) is 11.4 Å². The number of sulfonamides is 1. The van der Waals surface area contributed by atoms with Gasteiger partial charge < -0.3 is 5.32 Å². The maximum absolute atomic E-state index is 13.0. The summed E-state index contributed by atoms with van der Waals surface area (Å²) in [6.07, 6.45) is 0. The van der Waals surface area contributed by atoms with E-state index in [2.05, 4.69) is 5.32 Å². The van der Waals surface area contributed by atoms with Crippen LogP contribution in [0.25, 0.3) is 0 Å². The molecule has 0 aromatic heterocycles. The Morgan fingerprint density at radius 2 is 1.52 bits per heavy atom. The highest BCUT2D eigenvalue weighted by atomic mass is 35.5. The third-order valence-corrected chi connectivity index (χ3v) is 6.51. The summed E-state index contributed by atoms with van der Waals surface area (Å²) in [5.41, 5.74) is 1.35. The average Bonchev–Trinajstić information content (AvgIpc) is 2.69. The van der Waals surface area contributed by atoms with Crippen LogP contribution in [-0.2, 0) is 10.0 Å². The van der Waals surface area contributed by atoms with Gasteiger partial charge in [0.15, 0.2) is 0 Å². The molecule has 0 saturated carbocycles. The molecule has 0 heterocycles. The van der Waals surface area contributed by atoms with Gasteiger partial charge in [-0.1, -0.05) is 41.4 Å². The van der Waals surface area contributed by atoms with Crippen LogP contribution in [0, 0.1) is 0 Å². The van der Waals surface area contributed by atoms with Crippen LogP contribution in [-0.4, -0.2) is 20.9 Å². The number of halogens is 2. The highest BCUT2D eigenvalue weighted by molar-refractivity contribution is 7.92. The van der Waals surface area contributed by atoms with E-state index in [1.165, 1.54) is 46.8 Å². The number of hydrogen-bond donors (Lipinski definition) is 1. The molecule has 29 heavy (non-hydrogen) atoms. The van der Waals surface area contributed by atoms with Crippen LogP contribution < -0.4 is 9.62 Å². The zero-order valence-corrected chi connectivity index (χ0v) is 17.8. The molecule has 0 bridgehead atoms. The monoisotopic (exact) mass is 448 g/mol. The van der Waals surface area contributed by atoms with Crippen molar-refractivity contribution in [3.05, 3.63) is 88.4 Å². The molecule has 0 aliphatic heterocycles. The van der Waals surface area contributed by atoms with Crippen LogP contribution in [0.3, 0.4) is 0 Å². The molecule has 0 spiro atoms. The van der Waals surface area contributed by atoms with Crippen molar-refractivity contribution in [2.45, 2.75) is 11.8 Å². The largest absolute Gasteiger partial charge is 0.322 e. The molecule has 5 nitrogen and oxygen atoms in total. The van der Waals surface area contributed by atoms with E-state index in [1.54, 1.807) is 31.2 Å². The second-order valence-electron chi connectivity index (χ2n) is 6.14. The standard InChI is InChI=1S/C21H18Cl2N2O3S/c1-2-25(19-6-4-3-5-7-19)29(27,28)20-10-8-18(9-11-20)24-21(26)15-12-16(22)14-17(23)13-15/h3-14H,2H2,1H3,(H,24,26). The van der Waals surface area contributed by atoms with Gasteiger partial charge in [0.1, 0.15) is 0 Å². The molecule has 3 aromatic carbocycles. The van der Waals surface area contributed by atoms with Gasteiger partial charge in [0.2, 0.25) is 0 Å². The van der Waals surface area contributed by atoms with Crippen LogP contribution in [0.2, 0.25) is 10.0 Å². The molecule has 3 aromatic rings. The number of carbonyl (C=O) groups excluding carboxylic acids is 1. The SMILES string of the molecule is CCN(c1ccccc1)S(=O)(=O)c1ccc(NC(=O)c2cc(Cl)cc(Cl)c2)cc1. The van der Waals surface area contributed by atoms with Crippen molar-refractivity contribution in [1.29, 1.82) is 0 Å². The smallest absolute Gasteiger partial charge is 0.264 e. The first-order chi connectivity index (χ1) is 13.8. The lowest BCUT2D eigenvalue weighted by Crippen LogP contribution is -2.30. The van der Waals surface area contributed by atoms with Crippen LogP contribution in [0.15, 0.2) is 77.7 Å². The van der Waals surface area contributed by atoms with Gasteiger partial charge in [0.05, 0.1) is 10.6 Å². The number of hydrogen-bond acceptors (Lipinski definition) is 3. The number of rotatable bonds is 6. The summed E-state index contributed by atoms with van der Waals surface area (Å²) in [6.45, 7) is 2.07. The van der Waals surface area contributed by atoms with E-state index >= 15 is 0 Å². The van der Waals surface area contributed by atoms with Crippen molar-refractivity contribution in [1.82, 2.24) is 0 Å². The van der Waals surface area contributed by atoms with E-state index in [1.807, 2.05) is 6.07 Å². The second kappa shape index (κ2) is 8.86. The molecule has 0 unspecified atom stereocenters. The Balaban J connectivity index is 1.81. The Morgan fingerprint density at radius 3 is 2.07 bits per heavy atom. The third kappa shape index (κ3) is 4.90. The van der Waals surface area contributed by atoms with E-state index in [0.717, 1.165) is 0 Å². The molecule has 0 fully saturated rings. The molecular formula is C21H18Cl2N2O3S. The highest BCUT2D eigenvalue weighted by Gasteiger charge is 2.23. The molecule has 1 amide bonds. The topological polar surface area (TPSA) is 66.5 Å². The van der Waals surface area contributed by atoms with Gasteiger partial charge in [0, 0.05) is 27.8 Å². The average molecular weight is 449 g/mol. The van der Waals surface area contributed by atoms with E-state index < -0.39 is 15.9 Å². The van der Waals surface area contributed by atoms with Crippen molar-refractivity contribution in [3.8, 4) is 0 Å². The van der Waals surface area contributed by atoms with Gasteiger partial charge >= 0.3 is 0 Å². The number of nitrogens with one attached hydrogen (secondary N) is 1. The minimum Gasteiger partial charge on any atom is -0.322 e. The van der Waals surface area contributed by atoms with Gasteiger partial charge in [0.25, 0.3) is 15.9 Å². The Labute approximate surface area is 179 Å². The number of benzene rings is 3. The van der Waals surface area contributed by atoms with Crippen molar-refractivity contribution in [2.24, 2.45) is 0 Å². The third-order valence-electron chi connectivity index (χ3n) is 4.16. The van der Waals surface area contributed by atoms with Gasteiger partial charge in [-0.2, -0.15) is 0 Å². The first kappa shape index (κ1) is 21.2. The Hall–Kier alpha value is -2.54.